The minimum Gasteiger partial charge on any atom is -0.444 e. The predicted molar refractivity (Wildman–Crippen MR) is 71.4 cm³/mol. The van der Waals surface area contributed by atoms with E-state index in [1.54, 1.807) is 0 Å². The fourth-order valence-electron chi connectivity index (χ4n) is 3.39. The summed E-state index contributed by atoms with van der Waals surface area (Å²) >= 11 is 0. The maximum Gasteiger partial charge on any atom is 0.410 e. The first-order chi connectivity index (χ1) is 8.21. The van der Waals surface area contributed by atoms with Gasteiger partial charge in [-0.15, -0.1) is 0 Å². The summed E-state index contributed by atoms with van der Waals surface area (Å²) in [5.41, 5.74) is -0.208. The molecule has 2 rings (SSSR count). The standard InChI is InChI=1S/C14H26N2O2/c1-10-7-16(12(17)18-13(2,3)4)9-14(5)8-15-6-11(10)14/h10-11,15H,6-9H2,1-5H3/t10?,11-,14-/m1/s1. The lowest BCUT2D eigenvalue weighted by Gasteiger charge is -2.45. The van der Waals surface area contributed by atoms with Gasteiger partial charge in [0, 0.05) is 25.0 Å². The number of nitrogens with one attached hydrogen (secondary N) is 1. The number of amides is 1. The van der Waals surface area contributed by atoms with E-state index >= 15 is 0 Å². The van der Waals surface area contributed by atoms with Gasteiger partial charge in [0.2, 0.25) is 0 Å². The van der Waals surface area contributed by atoms with Crippen LogP contribution in [0.3, 0.4) is 0 Å². The number of carbonyl (C=O) groups is 1. The third-order valence-electron chi connectivity index (χ3n) is 4.19. The van der Waals surface area contributed by atoms with Crippen molar-refractivity contribution in [2.45, 2.75) is 40.2 Å². The van der Waals surface area contributed by atoms with E-state index in [0.29, 0.717) is 11.8 Å². The average molecular weight is 254 g/mol. The number of ether oxygens (including phenoxy) is 1. The Bertz CT molecular complexity index is 337. The molecule has 1 N–H and O–H groups in total. The van der Waals surface area contributed by atoms with Crippen molar-refractivity contribution in [1.82, 2.24) is 10.2 Å². The van der Waals surface area contributed by atoms with Crippen LogP contribution in [0.25, 0.3) is 0 Å². The van der Waals surface area contributed by atoms with Crippen molar-refractivity contribution in [1.29, 1.82) is 0 Å². The van der Waals surface area contributed by atoms with Gasteiger partial charge in [-0.1, -0.05) is 13.8 Å². The molecule has 2 aliphatic rings. The molecular weight excluding hydrogens is 228 g/mol. The van der Waals surface area contributed by atoms with E-state index in [4.69, 9.17) is 4.74 Å². The molecule has 0 aromatic rings. The summed E-state index contributed by atoms with van der Waals surface area (Å²) < 4.78 is 5.49. The number of piperidine rings is 1. The molecule has 0 radical (unpaired) electrons. The van der Waals surface area contributed by atoms with E-state index in [2.05, 4.69) is 19.2 Å². The third kappa shape index (κ3) is 2.63. The minimum absolute atomic E-state index is 0.166. The Labute approximate surface area is 110 Å². The number of likely N-dealkylation sites (tertiary alicyclic amines) is 1. The van der Waals surface area contributed by atoms with Crippen LogP contribution in [0.5, 0.6) is 0 Å². The highest BCUT2D eigenvalue weighted by Gasteiger charge is 2.48. The Balaban J connectivity index is 2.06. The summed E-state index contributed by atoms with van der Waals surface area (Å²) in [5, 5.41) is 3.46. The predicted octanol–water partition coefficient (Wildman–Crippen LogP) is 2.10. The largest absolute Gasteiger partial charge is 0.444 e. The summed E-state index contributed by atoms with van der Waals surface area (Å²) in [5.74, 6) is 1.21. The zero-order chi connectivity index (χ0) is 13.6. The van der Waals surface area contributed by atoms with Crippen molar-refractivity contribution in [3.63, 3.8) is 0 Å². The molecule has 2 saturated heterocycles. The van der Waals surface area contributed by atoms with Gasteiger partial charge in [0.1, 0.15) is 5.60 Å². The van der Waals surface area contributed by atoms with Crippen LogP contribution in [0, 0.1) is 17.3 Å². The Hall–Kier alpha value is -0.770. The molecule has 2 aliphatic heterocycles. The van der Waals surface area contributed by atoms with Crippen molar-refractivity contribution in [3.8, 4) is 0 Å². The zero-order valence-electron chi connectivity index (χ0n) is 12.2. The molecule has 2 fully saturated rings. The van der Waals surface area contributed by atoms with Crippen molar-refractivity contribution in [3.05, 3.63) is 0 Å². The van der Waals surface area contributed by atoms with E-state index in [0.717, 1.165) is 26.2 Å². The number of hydrogen-bond donors (Lipinski definition) is 1. The smallest absolute Gasteiger partial charge is 0.410 e. The maximum absolute atomic E-state index is 12.2. The lowest BCUT2D eigenvalue weighted by Crippen LogP contribution is -2.53. The average Bonchev–Trinajstić information content (AvgIpc) is 2.57. The van der Waals surface area contributed by atoms with E-state index < -0.39 is 5.60 Å². The molecule has 18 heavy (non-hydrogen) atoms. The molecule has 2 heterocycles. The van der Waals surface area contributed by atoms with Crippen LogP contribution in [0.1, 0.15) is 34.6 Å². The number of hydrogen-bond acceptors (Lipinski definition) is 3. The van der Waals surface area contributed by atoms with Crippen LogP contribution in [-0.2, 0) is 4.74 Å². The summed E-state index contributed by atoms with van der Waals surface area (Å²) in [6.45, 7) is 14.0. The van der Waals surface area contributed by atoms with E-state index in [-0.39, 0.29) is 11.5 Å². The molecule has 4 heteroatoms. The highest BCUT2D eigenvalue weighted by Crippen LogP contribution is 2.41. The second-order valence-electron chi connectivity index (χ2n) is 7.23. The molecule has 0 spiro atoms. The quantitative estimate of drug-likeness (QED) is 0.720. The number of rotatable bonds is 0. The van der Waals surface area contributed by atoms with Gasteiger partial charge < -0.3 is 15.0 Å². The van der Waals surface area contributed by atoms with Gasteiger partial charge in [-0.2, -0.15) is 0 Å². The lowest BCUT2D eigenvalue weighted by atomic mass is 9.70. The summed E-state index contributed by atoms with van der Waals surface area (Å²) in [7, 11) is 0. The Morgan fingerprint density at radius 2 is 2.11 bits per heavy atom. The van der Waals surface area contributed by atoms with Crippen LogP contribution in [0.2, 0.25) is 0 Å². The van der Waals surface area contributed by atoms with Crippen LogP contribution in [0.4, 0.5) is 4.79 Å². The summed E-state index contributed by atoms with van der Waals surface area (Å²) in [6, 6.07) is 0. The molecule has 0 aliphatic carbocycles. The fraction of sp³-hybridized carbons (Fsp3) is 0.929. The minimum atomic E-state index is -0.411. The van der Waals surface area contributed by atoms with Gasteiger partial charge in [-0.25, -0.2) is 4.79 Å². The molecule has 1 unspecified atom stereocenters. The molecule has 104 valence electrons. The number of fused-ring (bicyclic) bond motifs is 1. The number of nitrogens with zero attached hydrogens (tertiary/aromatic N) is 1. The molecule has 0 aromatic carbocycles. The van der Waals surface area contributed by atoms with Crippen molar-refractivity contribution in [2.75, 3.05) is 26.2 Å². The Morgan fingerprint density at radius 3 is 2.72 bits per heavy atom. The second kappa shape index (κ2) is 4.41. The lowest BCUT2D eigenvalue weighted by molar-refractivity contribution is -0.0123. The third-order valence-corrected chi connectivity index (χ3v) is 4.19. The summed E-state index contributed by atoms with van der Waals surface area (Å²) in [6.07, 6.45) is -0.166. The number of carbonyl (C=O) groups excluding carboxylic acids is 1. The molecule has 0 aromatic heterocycles. The van der Waals surface area contributed by atoms with E-state index in [1.165, 1.54) is 0 Å². The molecule has 0 saturated carbocycles. The van der Waals surface area contributed by atoms with Crippen molar-refractivity contribution in [2.24, 2.45) is 17.3 Å². The molecular formula is C14H26N2O2. The van der Waals surface area contributed by atoms with Gasteiger partial charge in [-0.3, -0.25) is 0 Å². The highest BCUT2D eigenvalue weighted by molar-refractivity contribution is 5.68. The zero-order valence-corrected chi connectivity index (χ0v) is 12.2. The second-order valence-corrected chi connectivity index (χ2v) is 7.23. The van der Waals surface area contributed by atoms with Gasteiger partial charge in [0.15, 0.2) is 0 Å². The first-order valence-corrected chi connectivity index (χ1v) is 6.90. The van der Waals surface area contributed by atoms with Gasteiger partial charge in [0.25, 0.3) is 0 Å². The monoisotopic (exact) mass is 254 g/mol. The SMILES string of the molecule is CC1CN(C(=O)OC(C)(C)C)C[C@@]2(C)CNC[C@H]12. The van der Waals surface area contributed by atoms with Crippen LogP contribution < -0.4 is 5.32 Å². The van der Waals surface area contributed by atoms with Crippen LogP contribution >= 0.6 is 0 Å². The highest BCUT2D eigenvalue weighted by atomic mass is 16.6. The first-order valence-electron chi connectivity index (χ1n) is 6.90. The van der Waals surface area contributed by atoms with Gasteiger partial charge in [0.05, 0.1) is 0 Å². The fourth-order valence-corrected chi connectivity index (χ4v) is 3.39. The normalized spacial score (nSPS) is 36.4. The van der Waals surface area contributed by atoms with Crippen molar-refractivity contribution < 1.29 is 9.53 Å². The van der Waals surface area contributed by atoms with Crippen LogP contribution in [-0.4, -0.2) is 42.8 Å². The Morgan fingerprint density at radius 1 is 1.44 bits per heavy atom. The summed E-state index contributed by atoms with van der Waals surface area (Å²) in [4.78, 5) is 14.1. The molecule has 1 amide bonds. The Kier molecular flexibility index (Phi) is 3.34. The van der Waals surface area contributed by atoms with E-state index in [1.807, 2.05) is 25.7 Å². The van der Waals surface area contributed by atoms with Crippen molar-refractivity contribution >= 4 is 6.09 Å². The van der Waals surface area contributed by atoms with Crippen LogP contribution in [0.15, 0.2) is 0 Å². The van der Waals surface area contributed by atoms with Gasteiger partial charge >= 0.3 is 6.09 Å². The maximum atomic E-state index is 12.2. The van der Waals surface area contributed by atoms with Gasteiger partial charge in [-0.05, 0) is 39.2 Å². The molecule has 3 atom stereocenters. The van der Waals surface area contributed by atoms with E-state index in [9.17, 15) is 4.79 Å². The molecule has 0 bridgehead atoms. The first kappa shape index (κ1) is 13.7. The topological polar surface area (TPSA) is 41.6 Å². The molecule has 4 nitrogen and oxygen atoms in total.